The molecule has 0 bridgehead atoms. The number of rotatable bonds is 3. The number of H-pyrrole nitrogens is 1. The molecule has 2 saturated heterocycles. The topological polar surface area (TPSA) is 113 Å². The summed E-state index contributed by atoms with van der Waals surface area (Å²) in [5.74, 6) is 0. The van der Waals surface area contributed by atoms with Gasteiger partial charge in [0.15, 0.2) is 5.65 Å². The van der Waals surface area contributed by atoms with Gasteiger partial charge in [0, 0.05) is 31.9 Å². The number of sulfone groups is 1. The van der Waals surface area contributed by atoms with Crippen molar-refractivity contribution in [1.82, 2.24) is 24.7 Å². The highest BCUT2D eigenvalue weighted by atomic mass is 32.2. The number of benzene rings is 2. The number of nitrogens with one attached hydrogen (secondary N) is 1. The fourth-order valence-corrected chi connectivity index (χ4v) is 7.16. The lowest BCUT2D eigenvalue weighted by molar-refractivity contribution is -0.115. The largest absolute Gasteiger partial charge is 0.372 e. The third-order valence-electron chi connectivity index (χ3n) is 7.67. The molecule has 10 nitrogen and oxygen atoms in total. The van der Waals surface area contributed by atoms with Crippen LogP contribution in [0.5, 0.6) is 0 Å². The molecule has 0 radical (unpaired) electrons. The average Bonchev–Trinajstić information content (AvgIpc) is 3.29. The molecule has 0 saturated carbocycles. The highest BCUT2D eigenvalue weighted by Crippen LogP contribution is 2.33. The highest BCUT2D eigenvalue weighted by molar-refractivity contribution is 7.91. The molecule has 2 aromatic carbocycles. The smallest absolute Gasteiger partial charge is 0.281 e. The van der Waals surface area contributed by atoms with Crippen LogP contribution in [0.4, 0.5) is 5.69 Å². The van der Waals surface area contributed by atoms with Gasteiger partial charge in [0.2, 0.25) is 14.9 Å². The van der Waals surface area contributed by atoms with Crippen LogP contribution in [0.1, 0.15) is 24.0 Å². The summed E-state index contributed by atoms with van der Waals surface area (Å²) in [5, 5.41) is 7.04. The first-order chi connectivity index (χ1) is 17.7. The number of hydrogen-bond acceptors (Lipinski definition) is 8. The maximum atomic E-state index is 13.5. The number of anilines is 1. The van der Waals surface area contributed by atoms with Crippen molar-refractivity contribution in [2.75, 3.05) is 44.7 Å². The molecule has 4 heterocycles. The molecule has 2 aromatic heterocycles. The number of morpholine rings is 1. The summed E-state index contributed by atoms with van der Waals surface area (Å²) in [5.41, 5.74) is 2.47. The Kier molecular flexibility index (Phi) is 5.62. The van der Waals surface area contributed by atoms with E-state index < -0.39 is 15.4 Å². The summed E-state index contributed by atoms with van der Waals surface area (Å²) in [4.78, 5) is 21.8. The predicted octanol–water partition coefficient (Wildman–Crippen LogP) is 2.32. The number of hydrogen-bond donors (Lipinski definition) is 1. The first kappa shape index (κ1) is 24.1. The lowest BCUT2D eigenvalue weighted by Gasteiger charge is -2.47. The molecule has 0 aliphatic carbocycles. The van der Waals surface area contributed by atoms with E-state index in [4.69, 9.17) is 4.74 Å². The van der Waals surface area contributed by atoms with Crippen LogP contribution in [0.15, 0.2) is 51.1 Å². The summed E-state index contributed by atoms with van der Waals surface area (Å²) >= 11 is 0. The van der Waals surface area contributed by atoms with E-state index in [0.29, 0.717) is 16.5 Å². The predicted molar refractivity (Wildman–Crippen MR) is 140 cm³/mol. The molecule has 0 atom stereocenters. The third kappa shape index (κ3) is 4.01. The van der Waals surface area contributed by atoms with Gasteiger partial charge < -0.3 is 14.5 Å². The van der Waals surface area contributed by atoms with E-state index in [1.165, 1.54) is 4.52 Å². The minimum atomic E-state index is -4.00. The molecule has 194 valence electrons. The summed E-state index contributed by atoms with van der Waals surface area (Å²) in [6.45, 7) is 7.96. The van der Waals surface area contributed by atoms with Gasteiger partial charge in [0.25, 0.3) is 5.56 Å². The monoisotopic (exact) mass is 522 g/mol. The fourth-order valence-electron chi connectivity index (χ4n) is 5.69. The normalized spacial score (nSPS) is 18.7. The van der Waals surface area contributed by atoms with Crippen molar-refractivity contribution in [1.29, 1.82) is 0 Å². The Morgan fingerprint density at radius 2 is 1.84 bits per heavy atom. The Morgan fingerprint density at radius 1 is 1.05 bits per heavy atom. The first-order valence-electron chi connectivity index (χ1n) is 12.5. The Morgan fingerprint density at radius 3 is 2.57 bits per heavy atom. The summed E-state index contributed by atoms with van der Waals surface area (Å²) < 4.78 is 34.7. The molecule has 1 spiro atoms. The van der Waals surface area contributed by atoms with Crippen LogP contribution in [0.3, 0.4) is 0 Å². The average molecular weight is 523 g/mol. The minimum Gasteiger partial charge on any atom is -0.372 e. The third-order valence-corrected chi connectivity index (χ3v) is 9.49. The summed E-state index contributed by atoms with van der Waals surface area (Å²) in [6, 6.07) is 10.7. The van der Waals surface area contributed by atoms with E-state index in [9.17, 15) is 13.2 Å². The van der Waals surface area contributed by atoms with Gasteiger partial charge in [0.1, 0.15) is 0 Å². The molecule has 0 amide bonds. The lowest BCUT2D eigenvalue weighted by Crippen LogP contribution is -2.56. The van der Waals surface area contributed by atoms with Crippen LogP contribution >= 0.6 is 0 Å². The van der Waals surface area contributed by atoms with Gasteiger partial charge in [0.05, 0.1) is 28.0 Å². The van der Waals surface area contributed by atoms with Gasteiger partial charge in [-0.15, -0.1) is 5.10 Å². The van der Waals surface area contributed by atoms with Crippen LogP contribution in [-0.2, 0) is 14.6 Å². The second-order valence-electron chi connectivity index (χ2n) is 10.3. The Hall–Kier alpha value is -3.28. The van der Waals surface area contributed by atoms with Gasteiger partial charge in [-0.3, -0.25) is 4.79 Å². The van der Waals surface area contributed by atoms with Crippen molar-refractivity contribution in [3.05, 3.63) is 57.9 Å². The molecular formula is C26H30N6O4S. The van der Waals surface area contributed by atoms with Crippen molar-refractivity contribution in [3.8, 4) is 0 Å². The Balaban J connectivity index is 1.39. The number of nitrogens with zero attached hydrogens (tertiary/aromatic N) is 5. The van der Waals surface area contributed by atoms with E-state index in [0.717, 1.165) is 56.9 Å². The van der Waals surface area contributed by atoms with Crippen LogP contribution in [0.25, 0.3) is 16.6 Å². The zero-order chi connectivity index (χ0) is 25.9. The number of piperidine rings is 1. The first-order valence-corrected chi connectivity index (χ1v) is 14.0. The number of fused-ring (bicyclic) bond motifs is 3. The van der Waals surface area contributed by atoms with Crippen LogP contribution in [0, 0.1) is 13.8 Å². The SMILES string of the molecule is Cc1ccc(S(=O)(=O)c2n[nH]n3c2nc(=O)c2ccc(N4CCC5(CC4)CN(C)CCO5)cc23)c(C)c1. The summed E-state index contributed by atoms with van der Waals surface area (Å²) in [7, 11) is -1.86. The van der Waals surface area contributed by atoms with Crippen LogP contribution < -0.4 is 10.5 Å². The second-order valence-corrected chi connectivity index (χ2v) is 12.2. The van der Waals surface area contributed by atoms with Crippen molar-refractivity contribution in [3.63, 3.8) is 0 Å². The second kappa shape index (κ2) is 8.64. The van der Waals surface area contributed by atoms with Gasteiger partial charge in [-0.05, 0) is 63.6 Å². The van der Waals surface area contributed by atoms with Crippen LogP contribution in [0.2, 0.25) is 0 Å². The zero-order valence-electron chi connectivity index (χ0n) is 21.2. The Labute approximate surface area is 214 Å². The highest BCUT2D eigenvalue weighted by Gasteiger charge is 2.39. The summed E-state index contributed by atoms with van der Waals surface area (Å²) in [6.07, 6.45) is 1.84. The number of aryl methyl sites for hydroxylation is 2. The molecule has 4 aromatic rings. The van der Waals surface area contributed by atoms with Gasteiger partial charge >= 0.3 is 0 Å². The molecular weight excluding hydrogens is 492 g/mol. The number of aromatic nitrogens is 4. The van der Waals surface area contributed by atoms with E-state index in [1.54, 1.807) is 25.1 Å². The number of ether oxygens (including phenoxy) is 1. The molecule has 2 aliphatic rings. The molecule has 6 rings (SSSR count). The van der Waals surface area contributed by atoms with Gasteiger partial charge in [-0.2, -0.15) is 4.98 Å². The maximum Gasteiger partial charge on any atom is 0.281 e. The maximum absolute atomic E-state index is 13.5. The molecule has 11 heteroatoms. The van der Waals surface area contributed by atoms with Crippen molar-refractivity contribution >= 4 is 32.1 Å². The van der Waals surface area contributed by atoms with E-state index in [1.807, 2.05) is 25.1 Å². The standard InChI is InChI=1S/C26H30N6O4S/c1-17-4-7-22(18(2)14-17)37(34,35)25-23-27-24(33)20-6-5-19(15-21(20)32(23)29-28-25)31-10-8-26(9-11-31)16-30(3)12-13-36-26/h4-7,14-15,29H,8-13,16H2,1-3H3. The number of likely N-dealkylation sites (N-methyl/N-ethyl adjacent to an activating group) is 1. The Bertz CT molecular complexity index is 1680. The lowest BCUT2D eigenvalue weighted by atomic mass is 9.89. The minimum absolute atomic E-state index is 0.00846. The fraction of sp³-hybridized carbons (Fsp3) is 0.423. The van der Waals surface area contributed by atoms with Gasteiger partial charge in [-0.1, -0.05) is 17.7 Å². The molecule has 0 unspecified atom stereocenters. The molecule has 2 fully saturated rings. The molecule has 37 heavy (non-hydrogen) atoms. The van der Waals surface area contributed by atoms with E-state index in [2.05, 4.69) is 32.1 Å². The number of aromatic amines is 1. The van der Waals surface area contributed by atoms with Crippen LogP contribution in [-0.4, -0.2) is 78.6 Å². The van der Waals surface area contributed by atoms with Gasteiger partial charge in [-0.25, -0.2) is 18.1 Å². The zero-order valence-corrected chi connectivity index (χ0v) is 22.0. The molecule has 2 aliphatic heterocycles. The van der Waals surface area contributed by atoms with E-state index in [-0.39, 0.29) is 21.2 Å². The van der Waals surface area contributed by atoms with Crippen molar-refractivity contribution in [2.45, 2.75) is 42.2 Å². The van der Waals surface area contributed by atoms with Crippen molar-refractivity contribution < 1.29 is 13.2 Å². The van der Waals surface area contributed by atoms with E-state index >= 15 is 0 Å². The van der Waals surface area contributed by atoms with Crippen molar-refractivity contribution in [2.24, 2.45) is 0 Å². The quantitative estimate of drug-likeness (QED) is 0.436. The molecule has 1 N–H and O–H groups in total.